The number of nitrogens with one attached hydrogen (secondary N) is 3. The Bertz CT molecular complexity index is 1380. The topological polar surface area (TPSA) is 60.7 Å². The Kier molecular flexibility index (Phi) is 2.18. The van der Waals surface area contributed by atoms with Crippen molar-refractivity contribution >= 4 is 49.5 Å². The minimum absolute atomic E-state index is 0.0718. The summed E-state index contributed by atoms with van der Waals surface area (Å²) < 4.78 is 13.7. The van der Waals surface area contributed by atoms with E-state index in [2.05, 4.69) is 21.4 Å². The molecule has 0 radical (unpaired) electrons. The molecule has 1 aliphatic heterocycles. The van der Waals surface area contributed by atoms with Crippen molar-refractivity contribution in [3.05, 3.63) is 59.4 Å². The average Bonchev–Trinajstić information content (AvgIpc) is 3.27. The summed E-state index contributed by atoms with van der Waals surface area (Å²) in [6.45, 7) is 0.510. The predicted molar refractivity (Wildman–Crippen MR) is 96.3 cm³/mol. The molecule has 0 bridgehead atoms. The van der Waals surface area contributed by atoms with E-state index in [0.717, 1.165) is 43.7 Å². The van der Waals surface area contributed by atoms with E-state index < -0.39 is 0 Å². The summed E-state index contributed by atoms with van der Waals surface area (Å²) >= 11 is 0. The molecule has 0 aliphatic carbocycles. The molecule has 3 heterocycles. The predicted octanol–water partition coefficient (Wildman–Crippen LogP) is 4.34. The molecule has 0 spiro atoms. The van der Waals surface area contributed by atoms with Gasteiger partial charge >= 0.3 is 0 Å². The fraction of sp³-hybridized carbons (Fsp3) is 0.0500. The third-order valence-corrected chi connectivity index (χ3v) is 5.22. The second-order valence-electron chi connectivity index (χ2n) is 6.52. The van der Waals surface area contributed by atoms with E-state index >= 15 is 0 Å². The first-order valence-corrected chi connectivity index (χ1v) is 8.17. The second-order valence-corrected chi connectivity index (χ2v) is 6.52. The molecule has 5 heteroatoms. The highest BCUT2D eigenvalue weighted by atomic mass is 19.1. The Labute approximate surface area is 140 Å². The summed E-state index contributed by atoms with van der Waals surface area (Å²) in [6, 6.07) is 12.7. The van der Waals surface area contributed by atoms with Crippen LogP contribution in [0.25, 0.3) is 43.6 Å². The molecular formula is C20H12FN3O. The molecule has 4 nitrogen and oxygen atoms in total. The maximum Gasteiger partial charge on any atom is 0.252 e. The van der Waals surface area contributed by atoms with Gasteiger partial charge in [0, 0.05) is 39.1 Å². The summed E-state index contributed by atoms with van der Waals surface area (Å²) in [7, 11) is 0. The van der Waals surface area contributed by atoms with Crippen LogP contribution in [0.4, 0.5) is 4.39 Å². The third-order valence-electron chi connectivity index (χ3n) is 5.22. The van der Waals surface area contributed by atoms with Crippen molar-refractivity contribution in [2.24, 2.45) is 0 Å². The fourth-order valence-corrected chi connectivity index (χ4v) is 4.22. The standard InChI is InChI=1S/C20H12FN3O/c21-9-5-6-11-14(7-9)24-19-16(11)17-12(8-22-20(17)25)15-10-3-1-2-4-13(10)23-18(15)19/h1-7,23-24H,8H2,(H,22,25). The van der Waals surface area contributed by atoms with E-state index in [-0.39, 0.29) is 11.7 Å². The lowest BCUT2D eigenvalue weighted by Gasteiger charge is -2.03. The molecule has 0 unspecified atom stereocenters. The van der Waals surface area contributed by atoms with Gasteiger partial charge in [-0.1, -0.05) is 18.2 Å². The van der Waals surface area contributed by atoms with E-state index in [1.165, 1.54) is 12.1 Å². The number of rotatable bonds is 0. The minimum atomic E-state index is -0.298. The lowest BCUT2D eigenvalue weighted by atomic mass is 9.97. The number of carbonyl (C=O) groups excluding carboxylic acids is 1. The summed E-state index contributed by atoms with van der Waals surface area (Å²) in [5.41, 5.74) is 5.24. The maximum absolute atomic E-state index is 13.7. The maximum atomic E-state index is 13.7. The second kappa shape index (κ2) is 4.19. The van der Waals surface area contributed by atoms with Gasteiger partial charge in [0.05, 0.1) is 16.6 Å². The molecule has 1 amide bonds. The largest absolute Gasteiger partial charge is 0.353 e. The molecule has 6 rings (SSSR count). The highest BCUT2D eigenvalue weighted by Crippen LogP contribution is 2.41. The lowest BCUT2D eigenvalue weighted by Crippen LogP contribution is -2.12. The van der Waals surface area contributed by atoms with Crippen molar-refractivity contribution in [1.29, 1.82) is 0 Å². The average molecular weight is 329 g/mol. The zero-order chi connectivity index (χ0) is 16.7. The van der Waals surface area contributed by atoms with Crippen LogP contribution >= 0.6 is 0 Å². The van der Waals surface area contributed by atoms with Crippen LogP contribution in [0, 0.1) is 5.82 Å². The van der Waals surface area contributed by atoms with Crippen molar-refractivity contribution in [1.82, 2.24) is 15.3 Å². The van der Waals surface area contributed by atoms with Gasteiger partial charge in [0.15, 0.2) is 0 Å². The summed E-state index contributed by atoms with van der Waals surface area (Å²) in [5.74, 6) is -0.370. The fourth-order valence-electron chi connectivity index (χ4n) is 4.22. The Morgan fingerprint density at radius 1 is 0.880 bits per heavy atom. The Hall–Kier alpha value is -3.34. The van der Waals surface area contributed by atoms with Crippen molar-refractivity contribution in [2.75, 3.05) is 0 Å². The van der Waals surface area contributed by atoms with Crippen LogP contribution in [-0.2, 0) is 6.54 Å². The number of hydrogen-bond donors (Lipinski definition) is 3. The summed E-state index contributed by atoms with van der Waals surface area (Å²) in [4.78, 5) is 19.4. The SMILES string of the molecule is O=C1NCc2c1c1c3ccc(F)cc3[nH]c1c1[nH]c3ccccc3c21. The van der Waals surface area contributed by atoms with Crippen molar-refractivity contribution in [3.8, 4) is 0 Å². The monoisotopic (exact) mass is 329 g/mol. The smallest absolute Gasteiger partial charge is 0.252 e. The first-order chi connectivity index (χ1) is 12.2. The summed E-state index contributed by atoms with van der Waals surface area (Å²) in [6.07, 6.45) is 0. The van der Waals surface area contributed by atoms with Crippen LogP contribution in [0.3, 0.4) is 0 Å². The normalized spacial score (nSPS) is 14.0. The highest BCUT2D eigenvalue weighted by Gasteiger charge is 2.29. The van der Waals surface area contributed by atoms with Gasteiger partial charge < -0.3 is 15.3 Å². The molecule has 5 aromatic rings. The molecule has 120 valence electrons. The molecule has 0 fully saturated rings. The van der Waals surface area contributed by atoms with Crippen LogP contribution in [-0.4, -0.2) is 15.9 Å². The number of aromatic nitrogens is 2. The minimum Gasteiger partial charge on any atom is -0.353 e. The molecule has 3 aromatic carbocycles. The van der Waals surface area contributed by atoms with Gasteiger partial charge in [-0.2, -0.15) is 0 Å². The molecule has 3 N–H and O–H groups in total. The number of H-pyrrole nitrogens is 2. The number of hydrogen-bond acceptors (Lipinski definition) is 1. The van der Waals surface area contributed by atoms with Gasteiger partial charge in [-0.05, 0) is 29.8 Å². The molecule has 0 atom stereocenters. The molecule has 0 saturated carbocycles. The Balaban J connectivity index is 1.98. The quantitative estimate of drug-likeness (QED) is 0.389. The van der Waals surface area contributed by atoms with Crippen LogP contribution in [0.1, 0.15) is 15.9 Å². The molecule has 25 heavy (non-hydrogen) atoms. The van der Waals surface area contributed by atoms with E-state index in [9.17, 15) is 9.18 Å². The zero-order valence-electron chi connectivity index (χ0n) is 13.0. The van der Waals surface area contributed by atoms with Gasteiger partial charge in [-0.15, -0.1) is 0 Å². The van der Waals surface area contributed by atoms with Gasteiger partial charge in [0.25, 0.3) is 5.91 Å². The number of aromatic amines is 2. The highest BCUT2D eigenvalue weighted by molar-refractivity contribution is 6.30. The van der Waals surface area contributed by atoms with Gasteiger partial charge in [0.2, 0.25) is 0 Å². The number of carbonyl (C=O) groups is 1. The van der Waals surface area contributed by atoms with Gasteiger partial charge in [0.1, 0.15) is 5.82 Å². The number of amides is 1. The van der Waals surface area contributed by atoms with E-state index in [1.807, 2.05) is 18.2 Å². The number of benzene rings is 3. The Morgan fingerprint density at radius 2 is 1.64 bits per heavy atom. The van der Waals surface area contributed by atoms with Crippen molar-refractivity contribution in [3.63, 3.8) is 0 Å². The molecular weight excluding hydrogens is 317 g/mol. The van der Waals surface area contributed by atoms with Gasteiger partial charge in [-0.3, -0.25) is 4.79 Å². The molecule has 0 saturated heterocycles. The van der Waals surface area contributed by atoms with Gasteiger partial charge in [-0.25, -0.2) is 4.39 Å². The van der Waals surface area contributed by atoms with E-state index in [0.29, 0.717) is 17.6 Å². The first-order valence-electron chi connectivity index (χ1n) is 8.17. The van der Waals surface area contributed by atoms with E-state index in [1.54, 1.807) is 6.07 Å². The molecule has 1 aliphatic rings. The first kappa shape index (κ1) is 13.0. The van der Waals surface area contributed by atoms with Crippen LogP contribution < -0.4 is 5.32 Å². The van der Waals surface area contributed by atoms with Crippen molar-refractivity contribution in [2.45, 2.75) is 6.54 Å². The Morgan fingerprint density at radius 3 is 2.56 bits per heavy atom. The van der Waals surface area contributed by atoms with E-state index in [4.69, 9.17) is 0 Å². The number of para-hydroxylation sites is 1. The molecule has 2 aromatic heterocycles. The summed E-state index contributed by atoms with van der Waals surface area (Å²) in [5, 5.41) is 6.83. The van der Waals surface area contributed by atoms with Crippen LogP contribution in [0.15, 0.2) is 42.5 Å². The number of fused-ring (bicyclic) bond motifs is 10. The zero-order valence-corrected chi connectivity index (χ0v) is 13.0. The van der Waals surface area contributed by atoms with Crippen molar-refractivity contribution < 1.29 is 9.18 Å². The lowest BCUT2D eigenvalue weighted by molar-refractivity contribution is 0.0967. The number of halogens is 1. The van der Waals surface area contributed by atoms with Crippen LogP contribution in [0.5, 0.6) is 0 Å². The third kappa shape index (κ3) is 1.48. The van der Waals surface area contributed by atoms with Crippen LogP contribution in [0.2, 0.25) is 0 Å².